The number of hydrogen-bond donors (Lipinski definition) is 2. The van der Waals surface area contributed by atoms with Crippen LogP contribution in [0.3, 0.4) is 0 Å². The van der Waals surface area contributed by atoms with Gasteiger partial charge < -0.3 is 15.1 Å². The molecule has 27 heavy (non-hydrogen) atoms. The average Bonchev–Trinajstić information content (AvgIpc) is 3.16. The summed E-state index contributed by atoms with van der Waals surface area (Å²) in [6, 6.07) is 17.8. The number of aryl methyl sites for hydroxylation is 1. The molecular formula is C22H25N3O2. The summed E-state index contributed by atoms with van der Waals surface area (Å²) in [6.07, 6.45) is 3.50. The number of nitrogens with one attached hydrogen (secondary N) is 2. The normalized spacial score (nSPS) is 10.7. The minimum Gasteiger partial charge on any atom is -0.441 e. The molecule has 5 nitrogen and oxygen atoms in total. The highest BCUT2D eigenvalue weighted by atomic mass is 16.4. The zero-order valence-corrected chi connectivity index (χ0v) is 15.6. The van der Waals surface area contributed by atoms with Gasteiger partial charge in [-0.25, -0.2) is 4.98 Å². The van der Waals surface area contributed by atoms with Crippen molar-refractivity contribution in [1.82, 2.24) is 10.3 Å². The Morgan fingerprint density at radius 1 is 1.11 bits per heavy atom. The minimum atomic E-state index is 0.00504. The summed E-state index contributed by atoms with van der Waals surface area (Å²) < 4.78 is 5.77. The summed E-state index contributed by atoms with van der Waals surface area (Å²) in [4.78, 5) is 16.5. The van der Waals surface area contributed by atoms with Crippen molar-refractivity contribution >= 4 is 11.6 Å². The lowest BCUT2D eigenvalue weighted by Crippen LogP contribution is -2.14. The maximum absolute atomic E-state index is 12.2. The van der Waals surface area contributed by atoms with E-state index in [-0.39, 0.29) is 5.91 Å². The van der Waals surface area contributed by atoms with Gasteiger partial charge in [0.2, 0.25) is 5.91 Å². The van der Waals surface area contributed by atoms with Crippen LogP contribution >= 0.6 is 0 Å². The third kappa shape index (κ3) is 5.79. The summed E-state index contributed by atoms with van der Waals surface area (Å²) >= 11 is 0. The van der Waals surface area contributed by atoms with Gasteiger partial charge in [0.05, 0.1) is 6.20 Å². The monoisotopic (exact) mass is 363 g/mol. The fourth-order valence-corrected chi connectivity index (χ4v) is 2.81. The highest BCUT2D eigenvalue weighted by Gasteiger charge is 2.08. The van der Waals surface area contributed by atoms with Crippen molar-refractivity contribution in [3.8, 4) is 11.3 Å². The van der Waals surface area contributed by atoms with Crippen molar-refractivity contribution in [3.63, 3.8) is 0 Å². The molecule has 3 aromatic rings. The van der Waals surface area contributed by atoms with Gasteiger partial charge in [0, 0.05) is 30.6 Å². The molecule has 5 heteroatoms. The summed E-state index contributed by atoms with van der Waals surface area (Å²) in [5, 5.41) is 6.24. The molecular weight excluding hydrogens is 338 g/mol. The number of hydrogen-bond acceptors (Lipinski definition) is 4. The number of rotatable bonds is 9. The standard InChI is InChI=1S/C22H25N3O2/c1-2-23-15-17-8-6-11-19(14-17)25-21(26)12-7-13-22-24-16-20(27-22)18-9-4-3-5-10-18/h3-6,8-11,14,16,23H,2,7,12-13,15H2,1H3,(H,25,26). The fraction of sp³-hybridized carbons (Fsp3) is 0.273. The highest BCUT2D eigenvalue weighted by molar-refractivity contribution is 5.90. The molecule has 3 rings (SSSR count). The Morgan fingerprint density at radius 2 is 1.96 bits per heavy atom. The number of amides is 1. The molecule has 0 aliphatic rings. The number of aromatic nitrogens is 1. The first-order chi connectivity index (χ1) is 13.2. The molecule has 0 saturated heterocycles. The number of nitrogens with zero attached hydrogens (tertiary/aromatic N) is 1. The first-order valence-corrected chi connectivity index (χ1v) is 9.34. The van der Waals surface area contributed by atoms with Gasteiger partial charge in [-0.1, -0.05) is 49.4 Å². The number of oxazole rings is 1. The molecule has 0 saturated carbocycles. The van der Waals surface area contributed by atoms with Crippen LogP contribution in [0.4, 0.5) is 5.69 Å². The lowest BCUT2D eigenvalue weighted by molar-refractivity contribution is -0.116. The van der Waals surface area contributed by atoms with Crippen LogP contribution < -0.4 is 10.6 Å². The Hall–Kier alpha value is -2.92. The molecule has 0 unspecified atom stereocenters. The van der Waals surface area contributed by atoms with Crippen molar-refractivity contribution in [1.29, 1.82) is 0 Å². The van der Waals surface area contributed by atoms with Gasteiger partial charge in [-0.05, 0) is 30.7 Å². The van der Waals surface area contributed by atoms with Crippen LogP contribution in [0.2, 0.25) is 0 Å². The van der Waals surface area contributed by atoms with Gasteiger partial charge in [-0.3, -0.25) is 4.79 Å². The Balaban J connectivity index is 1.45. The van der Waals surface area contributed by atoms with Crippen LogP contribution in [-0.4, -0.2) is 17.4 Å². The zero-order chi connectivity index (χ0) is 18.9. The molecule has 0 spiro atoms. The maximum Gasteiger partial charge on any atom is 0.224 e. The van der Waals surface area contributed by atoms with Gasteiger partial charge in [-0.2, -0.15) is 0 Å². The Labute approximate surface area is 159 Å². The van der Waals surface area contributed by atoms with Crippen molar-refractivity contribution in [2.75, 3.05) is 11.9 Å². The molecule has 2 N–H and O–H groups in total. The Bertz CT molecular complexity index is 859. The van der Waals surface area contributed by atoms with Crippen molar-refractivity contribution in [2.24, 2.45) is 0 Å². The predicted molar refractivity (Wildman–Crippen MR) is 107 cm³/mol. The van der Waals surface area contributed by atoms with Crippen LogP contribution in [0.15, 0.2) is 65.2 Å². The molecule has 0 atom stereocenters. The highest BCUT2D eigenvalue weighted by Crippen LogP contribution is 2.20. The average molecular weight is 363 g/mol. The van der Waals surface area contributed by atoms with Crippen LogP contribution in [0.25, 0.3) is 11.3 Å². The molecule has 0 aliphatic heterocycles. The van der Waals surface area contributed by atoms with E-state index in [1.807, 2.05) is 54.6 Å². The van der Waals surface area contributed by atoms with Crippen LogP contribution in [0, 0.1) is 0 Å². The van der Waals surface area contributed by atoms with E-state index in [9.17, 15) is 4.79 Å². The van der Waals surface area contributed by atoms with E-state index < -0.39 is 0 Å². The Morgan fingerprint density at radius 3 is 2.78 bits per heavy atom. The molecule has 140 valence electrons. The van der Waals surface area contributed by atoms with Gasteiger partial charge in [0.15, 0.2) is 11.7 Å². The molecule has 0 fully saturated rings. The minimum absolute atomic E-state index is 0.00504. The zero-order valence-electron chi connectivity index (χ0n) is 15.6. The topological polar surface area (TPSA) is 67.2 Å². The van der Waals surface area contributed by atoms with Gasteiger partial charge in [0.25, 0.3) is 0 Å². The van der Waals surface area contributed by atoms with E-state index in [2.05, 4.69) is 22.5 Å². The number of benzene rings is 2. The van der Waals surface area contributed by atoms with Crippen LogP contribution in [0.5, 0.6) is 0 Å². The summed E-state index contributed by atoms with van der Waals surface area (Å²) in [7, 11) is 0. The van der Waals surface area contributed by atoms with Gasteiger partial charge in [-0.15, -0.1) is 0 Å². The quantitative estimate of drug-likeness (QED) is 0.591. The lowest BCUT2D eigenvalue weighted by atomic mass is 10.2. The van der Waals surface area contributed by atoms with Crippen molar-refractivity contribution in [3.05, 3.63) is 72.2 Å². The van der Waals surface area contributed by atoms with Crippen molar-refractivity contribution < 1.29 is 9.21 Å². The Kier molecular flexibility index (Phi) is 6.77. The first kappa shape index (κ1) is 18.9. The van der Waals surface area contributed by atoms with Gasteiger partial charge in [0.1, 0.15) is 0 Å². The fourth-order valence-electron chi connectivity index (χ4n) is 2.81. The van der Waals surface area contributed by atoms with Crippen LogP contribution in [0.1, 0.15) is 31.2 Å². The van der Waals surface area contributed by atoms with E-state index in [0.29, 0.717) is 25.2 Å². The van der Waals surface area contributed by atoms with E-state index in [1.54, 1.807) is 6.20 Å². The molecule has 1 amide bonds. The SMILES string of the molecule is CCNCc1cccc(NC(=O)CCCc2ncc(-c3ccccc3)o2)c1. The molecule has 0 bridgehead atoms. The predicted octanol–water partition coefficient (Wildman–Crippen LogP) is 4.41. The van der Waals surface area contributed by atoms with Crippen LogP contribution in [-0.2, 0) is 17.8 Å². The second-order valence-electron chi connectivity index (χ2n) is 6.37. The van der Waals surface area contributed by atoms with E-state index >= 15 is 0 Å². The summed E-state index contributed by atoms with van der Waals surface area (Å²) in [5.41, 5.74) is 2.99. The van der Waals surface area contributed by atoms with Crippen molar-refractivity contribution in [2.45, 2.75) is 32.7 Å². The molecule has 1 aromatic heterocycles. The smallest absolute Gasteiger partial charge is 0.224 e. The largest absolute Gasteiger partial charge is 0.441 e. The van der Waals surface area contributed by atoms with E-state index in [4.69, 9.17) is 4.42 Å². The maximum atomic E-state index is 12.2. The first-order valence-electron chi connectivity index (χ1n) is 9.34. The molecule has 0 radical (unpaired) electrons. The second-order valence-corrected chi connectivity index (χ2v) is 6.37. The van der Waals surface area contributed by atoms with Gasteiger partial charge >= 0.3 is 0 Å². The second kappa shape index (κ2) is 9.69. The van der Waals surface area contributed by atoms with E-state index in [0.717, 1.165) is 35.7 Å². The molecule has 1 heterocycles. The number of carbonyl (C=O) groups is 1. The van der Waals surface area contributed by atoms with E-state index in [1.165, 1.54) is 0 Å². The third-order valence-corrected chi connectivity index (χ3v) is 4.20. The summed E-state index contributed by atoms with van der Waals surface area (Å²) in [5.74, 6) is 1.42. The number of carbonyl (C=O) groups excluding carboxylic acids is 1. The molecule has 2 aromatic carbocycles. The molecule has 0 aliphatic carbocycles. The number of anilines is 1. The lowest BCUT2D eigenvalue weighted by Gasteiger charge is -2.07. The third-order valence-electron chi connectivity index (χ3n) is 4.20. The summed E-state index contributed by atoms with van der Waals surface area (Å²) in [6.45, 7) is 3.79.